The third-order valence-corrected chi connectivity index (χ3v) is 4.31. The van der Waals surface area contributed by atoms with Crippen molar-refractivity contribution in [2.75, 3.05) is 25.5 Å². The van der Waals surface area contributed by atoms with Gasteiger partial charge in [-0.1, -0.05) is 11.6 Å². The van der Waals surface area contributed by atoms with Crippen LogP contribution in [0.3, 0.4) is 0 Å². The number of halogens is 1. The lowest BCUT2D eigenvalue weighted by atomic mass is 9.86. The zero-order valence-corrected chi connectivity index (χ0v) is 12.1. The number of nitrogens with one attached hydrogen (secondary N) is 1. The third kappa shape index (κ3) is 3.63. The molecule has 18 heavy (non-hydrogen) atoms. The molecule has 0 radical (unpaired) electrons. The molecule has 0 saturated heterocycles. The normalized spacial score (nSPS) is 23.9. The van der Waals surface area contributed by atoms with E-state index in [1.807, 2.05) is 12.1 Å². The zero-order chi connectivity index (χ0) is 13.0. The molecular weight excluding hydrogens is 244 g/mol. The number of hydrogen-bond acceptors (Lipinski definition) is 2. The van der Waals surface area contributed by atoms with Gasteiger partial charge in [-0.2, -0.15) is 0 Å². The fraction of sp³-hybridized carbons (Fsp3) is 0.600. The summed E-state index contributed by atoms with van der Waals surface area (Å²) in [7, 11) is 4.25. The summed E-state index contributed by atoms with van der Waals surface area (Å²) in [6.45, 7) is 1.15. The van der Waals surface area contributed by atoms with E-state index in [0.717, 1.165) is 23.5 Å². The first-order chi connectivity index (χ1) is 8.69. The van der Waals surface area contributed by atoms with Crippen molar-refractivity contribution in [1.29, 1.82) is 0 Å². The Hall–Kier alpha value is -0.730. The van der Waals surface area contributed by atoms with Crippen LogP contribution in [0.15, 0.2) is 24.3 Å². The van der Waals surface area contributed by atoms with Crippen molar-refractivity contribution in [3.63, 3.8) is 0 Å². The lowest BCUT2D eigenvalue weighted by Crippen LogP contribution is -2.34. The Morgan fingerprint density at radius 3 is 2.33 bits per heavy atom. The highest BCUT2D eigenvalue weighted by molar-refractivity contribution is 6.30. The SMILES string of the molecule is CNC1CCC(CN(C)c2ccc(Cl)cc2)CC1. The predicted octanol–water partition coefficient (Wildman–Crippen LogP) is 3.55. The molecule has 0 aromatic heterocycles. The van der Waals surface area contributed by atoms with Gasteiger partial charge in [0.2, 0.25) is 0 Å². The highest BCUT2D eigenvalue weighted by Gasteiger charge is 2.21. The van der Waals surface area contributed by atoms with Crippen LogP contribution in [0.25, 0.3) is 0 Å². The molecule has 0 atom stereocenters. The monoisotopic (exact) mass is 266 g/mol. The van der Waals surface area contributed by atoms with E-state index in [1.54, 1.807) is 0 Å². The first kappa shape index (κ1) is 13.7. The minimum atomic E-state index is 0.738. The quantitative estimate of drug-likeness (QED) is 0.897. The number of hydrogen-bond donors (Lipinski definition) is 1. The van der Waals surface area contributed by atoms with E-state index in [4.69, 9.17) is 11.6 Å². The van der Waals surface area contributed by atoms with Crippen molar-refractivity contribution in [2.45, 2.75) is 31.7 Å². The Morgan fingerprint density at radius 2 is 1.78 bits per heavy atom. The highest BCUT2D eigenvalue weighted by atomic mass is 35.5. The van der Waals surface area contributed by atoms with Gasteiger partial charge in [0.1, 0.15) is 0 Å². The molecule has 1 aliphatic carbocycles. The minimum Gasteiger partial charge on any atom is -0.374 e. The molecule has 1 saturated carbocycles. The zero-order valence-electron chi connectivity index (χ0n) is 11.3. The second kappa shape index (κ2) is 6.44. The molecular formula is C15H23ClN2. The van der Waals surface area contributed by atoms with Crippen LogP contribution in [0.5, 0.6) is 0 Å². The summed E-state index contributed by atoms with van der Waals surface area (Å²) in [5.41, 5.74) is 1.26. The Morgan fingerprint density at radius 1 is 1.17 bits per heavy atom. The Bertz CT molecular complexity index is 355. The molecule has 100 valence electrons. The third-order valence-electron chi connectivity index (χ3n) is 4.05. The summed E-state index contributed by atoms with van der Waals surface area (Å²) in [4.78, 5) is 2.35. The van der Waals surface area contributed by atoms with Crippen LogP contribution in [-0.4, -0.2) is 26.7 Å². The van der Waals surface area contributed by atoms with Gasteiger partial charge in [0.05, 0.1) is 0 Å². The van der Waals surface area contributed by atoms with Crippen molar-refractivity contribution in [1.82, 2.24) is 5.32 Å². The second-order valence-corrected chi connectivity index (χ2v) is 5.80. The summed E-state index contributed by atoms with van der Waals surface area (Å²) in [6, 6.07) is 8.86. The van der Waals surface area contributed by atoms with Crippen molar-refractivity contribution >= 4 is 17.3 Å². The first-order valence-electron chi connectivity index (χ1n) is 6.83. The van der Waals surface area contributed by atoms with Crippen molar-refractivity contribution in [3.8, 4) is 0 Å². The minimum absolute atomic E-state index is 0.738. The molecule has 1 aromatic rings. The average molecular weight is 267 g/mol. The lowest BCUT2D eigenvalue weighted by Gasteiger charge is -2.32. The van der Waals surface area contributed by atoms with Crippen LogP contribution in [0.1, 0.15) is 25.7 Å². The molecule has 3 heteroatoms. The Kier molecular flexibility index (Phi) is 4.90. The van der Waals surface area contributed by atoms with Gasteiger partial charge in [-0.15, -0.1) is 0 Å². The first-order valence-corrected chi connectivity index (χ1v) is 7.21. The van der Waals surface area contributed by atoms with Gasteiger partial charge < -0.3 is 10.2 Å². The molecule has 1 fully saturated rings. The van der Waals surface area contributed by atoms with Crippen LogP contribution in [0.4, 0.5) is 5.69 Å². The number of rotatable bonds is 4. The van der Waals surface area contributed by atoms with Crippen LogP contribution < -0.4 is 10.2 Å². The molecule has 1 aliphatic rings. The summed E-state index contributed by atoms with van der Waals surface area (Å²) in [5, 5.41) is 4.19. The van der Waals surface area contributed by atoms with E-state index >= 15 is 0 Å². The lowest BCUT2D eigenvalue weighted by molar-refractivity contribution is 0.305. The molecule has 1 aromatic carbocycles. The maximum Gasteiger partial charge on any atom is 0.0407 e. The van der Waals surface area contributed by atoms with E-state index < -0.39 is 0 Å². The van der Waals surface area contributed by atoms with Gasteiger partial charge >= 0.3 is 0 Å². The van der Waals surface area contributed by atoms with Crippen molar-refractivity contribution in [3.05, 3.63) is 29.3 Å². The highest BCUT2D eigenvalue weighted by Crippen LogP contribution is 2.26. The maximum atomic E-state index is 5.91. The van der Waals surface area contributed by atoms with Crippen LogP contribution in [0.2, 0.25) is 5.02 Å². The smallest absolute Gasteiger partial charge is 0.0407 e. The van der Waals surface area contributed by atoms with Crippen LogP contribution in [-0.2, 0) is 0 Å². The van der Waals surface area contributed by atoms with Crippen LogP contribution >= 0.6 is 11.6 Å². The molecule has 1 N–H and O–H groups in total. The summed E-state index contributed by atoms with van der Waals surface area (Å²) in [5.74, 6) is 0.829. The van der Waals surface area contributed by atoms with Crippen molar-refractivity contribution in [2.24, 2.45) is 5.92 Å². The van der Waals surface area contributed by atoms with Crippen molar-refractivity contribution < 1.29 is 0 Å². The second-order valence-electron chi connectivity index (χ2n) is 5.36. The standard InChI is InChI=1S/C15H23ClN2/c1-17-14-7-3-12(4-8-14)11-18(2)15-9-5-13(16)6-10-15/h5-6,9-10,12,14,17H,3-4,7-8,11H2,1-2H3. The topological polar surface area (TPSA) is 15.3 Å². The van der Waals surface area contributed by atoms with E-state index in [9.17, 15) is 0 Å². The predicted molar refractivity (Wildman–Crippen MR) is 79.5 cm³/mol. The Labute approximate surface area is 115 Å². The molecule has 0 spiro atoms. The van der Waals surface area contributed by atoms with E-state index in [-0.39, 0.29) is 0 Å². The molecule has 0 aliphatic heterocycles. The number of anilines is 1. The Balaban J connectivity index is 1.84. The summed E-state index contributed by atoms with van der Waals surface area (Å²) < 4.78 is 0. The molecule has 0 unspecified atom stereocenters. The molecule has 0 heterocycles. The van der Waals surface area contributed by atoms with E-state index in [2.05, 4.69) is 36.4 Å². The van der Waals surface area contributed by atoms with E-state index in [0.29, 0.717) is 0 Å². The molecule has 0 amide bonds. The molecule has 2 nitrogen and oxygen atoms in total. The largest absolute Gasteiger partial charge is 0.374 e. The van der Waals surface area contributed by atoms with Gasteiger partial charge in [0.25, 0.3) is 0 Å². The van der Waals surface area contributed by atoms with Gasteiger partial charge in [0, 0.05) is 30.3 Å². The van der Waals surface area contributed by atoms with Gasteiger partial charge in [-0.05, 0) is 62.9 Å². The number of benzene rings is 1. The fourth-order valence-electron chi connectivity index (χ4n) is 2.82. The van der Waals surface area contributed by atoms with Crippen LogP contribution in [0, 0.1) is 5.92 Å². The average Bonchev–Trinajstić information content (AvgIpc) is 2.40. The fourth-order valence-corrected chi connectivity index (χ4v) is 2.95. The summed E-state index contributed by atoms with van der Waals surface area (Å²) in [6.07, 6.45) is 5.30. The maximum absolute atomic E-state index is 5.91. The molecule has 2 rings (SSSR count). The van der Waals surface area contributed by atoms with Gasteiger partial charge in [0.15, 0.2) is 0 Å². The number of nitrogens with zero attached hydrogens (tertiary/aromatic N) is 1. The molecule has 0 bridgehead atoms. The summed E-state index contributed by atoms with van der Waals surface area (Å²) >= 11 is 5.91. The van der Waals surface area contributed by atoms with E-state index in [1.165, 1.54) is 31.4 Å². The van der Waals surface area contributed by atoms with Gasteiger partial charge in [-0.25, -0.2) is 0 Å². The van der Waals surface area contributed by atoms with Gasteiger partial charge in [-0.3, -0.25) is 0 Å².